The average molecular weight is 407 g/mol. The van der Waals surface area contributed by atoms with E-state index < -0.39 is 4.92 Å². The minimum Gasteiger partial charge on any atom is -0.490 e. The Kier molecular flexibility index (Phi) is 6.59. The molecule has 154 valence electrons. The van der Waals surface area contributed by atoms with Gasteiger partial charge in [-0.15, -0.1) is 0 Å². The molecule has 30 heavy (non-hydrogen) atoms. The number of carbonyl (C=O) groups excluding carboxylic acids is 1. The third-order valence-corrected chi connectivity index (χ3v) is 4.36. The van der Waals surface area contributed by atoms with Gasteiger partial charge in [0.25, 0.3) is 11.6 Å². The molecule has 1 heterocycles. The zero-order valence-electron chi connectivity index (χ0n) is 16.6. The minimum absolute atomic E-state index is 0.0850. The van der Waals surface area contributed by atoms with Crippen LogP contribution < -0.4 is 14.8 Å². The molecular formula is C22H21N3O5. The van der Waals surface area contributed by atoms with E-state index in [0.29, 0.717) is 29.5 Å². The number of amides is 1. The number of benzene rings is 2. The number of nitro benzene ring substituents is 1. The third kappa shape index (κ3) is 4.91. The van der Waals surface area contributed by atoms with Crippen LogP contribution in [0.2, 0.25) is 0 Å². The van der Waals surface area contributed by atoms with Gasteiger partial charge in [0.1, 0.15) is 0 Å². The van der Waals surface area contributed by atoms with Crippen LogP contribution in [-0.2, 0) is 6.54 Å². The Bertz CT molecular complexity index is 1050. The van der Waals surface area contributed by atoms with Crippen molar-refractivity contribution in [3.05, 3.63) is 87.6 Å². The maximum absolute atomic E-state index is 12.4. The first-order valence-electron chi connectivity index (χ1n) is 9.36. The molecule has 0 saturated heterocycles. The van der Waals surface area contributed by atoms with Gasteiger partial charge in [0.05, 0.1) is 11.5 Å². The van der Waals surface area contributed by atoms with Crippen molar-refractivity contribution in [3.8, 4) is 17.4 Å². The lowest BCUT2D eigenvalue weighted by Gasteiger charge is -2.11. The summed E-state index contributed by atoms with van der Waals surface area (Å²) in [7, 11) is 0. The Hall–Kier alpha value is -3.94. The van der Waals surface area contributed by atoms with E-state index in [2.05, 4.69) is 10.3 Å². The fourth-order valence-corrected chi connectivity index (χ4v) is 2.84. The molecule has 1 amide bonds. The number of nitrogens with zero attached hydrogens (tertiary/aromatic N) is 2. The van der Waals surface area contributed by atoms with E-state index in [1.54, 1.807) is 37.4 Å². The van der Waals surface area contributed by atoms with Crippen LogP contribution in [0.1, 0.15) is 28.4 Å². The van der Waals surface area contributed by atoms with Crippen LogP contribution in [0, 0.1) is 17.0 Å². The van der Waals surface area contributed by atoms with E-state index in [9.17, 15) is 14.9 Å². The lowest BCUT2D eigenvalue weighted by Crippen LogP contribution is -2.23. The summed E-state index contributed by atoms with van der Waals surface area (Å²) in [5.41, 5.74) is 1.27. The SMILES string of the molecule is CCOc1ccccc1Oc1ccc(CNC(=O)c2cccc([N+](=O)[O-])c2C)cn1. The molecule has 2 aromatic carbocycles. The van der Waals surface area contributed by atoms with Gasteiger partial charge in [-0.3, -0.25) is 14.9 Å². The highest BCUT2D eigenvalue weighted by Gasteiger charge is 2.17. The van der Waals surface area contributed by atoms with Crippen LogP contribution >= 0.6 is 0 Å². The van der Waals surface area contributed by atoms with Crippen molar-refractivity contribution in [3.63, 3.8) is 0 Å². The molecule has 0 aliphatic carbocycles. The van der Waals surface area contributed by atoms with Crippen LogP contribution in [0.5, 0.6) is 17.4 Å². The fourth-order valence-electron chi connectivity index (χ4n) is 2.84. The Morgan fingerprint density at radius 1 is 1.10 bits per heavy atom. The number of hydrogen-bond donors (Lipinski definition) is 1. The van der Waals surface area contributed by atoms with Crippen molar-refractivity contribution in [2.45, 2.75) is 20.4 Å². The van der Waals surface area contributed by atoms with Crippen molar-refractivity contribution >= 4 is 11.6 Å². The van der Waals surface area contributed by atoms with Crippen molar-refractivity contribution in [2.75, 3.05) is 6.61 Å². The van der Waals surface area contributed by atoms with Crippen LogP contribution in [0.4, 0.5) is 5.69 Å². The van der Waals surface area contributed by atoms with Gasteiger partial charge in [0.15, 0.2) is 11.5 Å². The first-order chi connectivity index (χ1) is 14.5. The van der Waals surface area contributed by atoms with Gasteiger partial charge in [-0.2, -0.15) is 0 Å². The molecule has 0 saturated carbocycles. The maximum atomic E-state index is 12.4. The topological polar surface area (TPSA) is 104 Å². The average Bonchev–Trinajstić information content (AvgIpc) is 2.74. The van der Waals surface area contributed by atoms with Gasteiger partial charge in [-0.05, 0) is 37.6 Å². The minimum atomic E-state index is -0.502. The molecule has 0 aliphatic rings. The predicted octanol–water partition coefficient (Wildman–Crippen LogP) is 4.42. The molecule has 0 spiro atoms. The van der Waals surface area contributed by atoms with E-state index in [4.69, 9.17) is 9.47 Å². The van der Waals surface area contributed by atoms with Gasteiger partial charge in [-0.1, -0.05) is 24.3 Å². The van der Waals surface area contributed by atoms with Gasteiger partial charge in [0.2, 0.25) is 5.88 Å². The van der Waals surface area contributed by atoms with E-state index >= 15 is 0 Å². The second kappa shape index (κ2) is 9.51. The first kappa shape index (κ1) is 20.8. The van der Waals surface area contributed by atoms with Crippen molar-refractivity contribution < 1.29 is 19.2 Å². The van der Waals surface area contributed by atoms with Crippen molar-refractivity contribution in [1.82, 2.24) is 10.3 Å². The summed E-state index contributed by atoms with van der Waals surface area (Å²) in [5.74, 6) is 1.20. The summed E-state index contributed by atoms with van der Waals surface area (Å²) in [6.07, 6.45) is 1.60. The molecule has 0 bridgehead atoms. The van der Waals surface area contributed by atoms with E-state index in [1.807, 2.05) is 25.1 Å². The third-order valence-electron chi connectivity index (χ3n) is 4.36. The number of carbonyl (C=O) groups is 1. The molecule has 8 nitrogen and oxygen atoms in total. The number of nitro groups is 1. The first-order valence-corrected chi connectivity index (χ1v) is 9.36. The molecule has 1 aromatic heterocycles. The predicted molar refractivity (Wildman–Crippen MR) is 111 cm³/mol. The monoisotopic (exact) mass is 407 g/mol. The highest BCUT2D eigenvalue weighted by atomic mass is 16.6. The van der Waals surface area contributed by atoms with Gasteiger partial charge in [0, 0.05) is 36.0 Å². The van der Waals surface area contributed by atoms with Gasteiger partial charge < -0.3 is 14.8 Å². The lowest BCUT2D eigenvalue weighted by atomic mass is 10.1. The molecule has 0 fully saturated rings. The number of aromatic nitrogens is 1. The Morgan fingerprint density at radius 3 is 2.53 bits per heavy atom. The number of nitrogens with one attached hydrogen (secondary N) is 1. The standard InChI is InChI=1S/C22H21N3O5/c1-3-29-19-9-4-5-10-20(19)30-21-12-11-16(13-23-21)14-24-22(26)17-7-6-8-18(15(17)2)25(27)28/h4-13H,3,14H2,1-2H3,(H,24,26). The quantitative estimate of drug-likeness (QED) is 0.438. The number of hydrogen-bond acceptors (Lipinski definition) is 6. The van der Waals surface area contributed by atoms with Crippen LogP contribution in [0.3, 0.4) is 0 Å². The van der Waals surface area contributed by atoms with E-state index in [1.165, 1.54) is 12.1 Å². The van der Waals surface area contributed by atoms with Crippen molar-refractivity contribution in [2.24, 2.45) is 0 Å². The summed E-state index contributed by atoms with van der Waals surface area (Å²) in [6.45, 7) is 4.20. The Morgan fingerprint density at radius 2 is 1.87 bits per heavy atom. The number of ether oxygens (including phenoxy) is 2. The van der Waals surface area contributed by atoms with E-state index in [0.717, 1.165) is 5.56 Å². The molecule has 0 atom stereocenters. The second-order valence-electron chi connectivity index (χ2n) is 6.38. The zero-order valence-corrected chi connectivity index (χ0v) is 16.6. The summed E-state index contributed by atoms with van der Waals surface area (Å²) >= 11 is 0. The lowest BCUT2D eigenvalue weighted by molar-refractivity contribution is -0.385. The van der Waals surface area contributed by atoms with Crippen LogP contribution in [0.25, 0.3) is 0 Å². The Balaban J connectivity index is 1.64. The number of para-hydroxylation sites is 2. The normalized spacial score (nSPS) is 10.3. The highest BCUT2D eigenvalue weighted by molar-refractivity contribution is 5.96. The molecule has 0 aliphatic heterocycles. The zero-order chi connectivity index (χ0) is 21.5. The number of rotatable bonds is 8. The molecule has 0 unspecified atom stereocenters. The van der Waals surface area contributed by atoms with Crippen molar-refractivity contribution in [1.29, 1.82) is 0 Å². The second-order valence-corrected chi connectivity index (χ2v) is 6.38. The summed E-state index contributed by atoms with van der Waals surface area (Å²) < 4.78 is 11.3. The van der Waals surface area contributed by atoms with Gasteiger partial charge >= 0.3 is 0 Å². The number of pyridine rings is 1. The van der Waals surface area contributed by atoms with E-state index in [-0.39, 0.29) is 23.7 Å². The van der Waals surface area contributed by atoms with Crippen LogP contribution in [0.15, 0.2) is 60.8 Å². The fraction of sp³-hybridized carbons (Fsp3) is 0.182. The van der Waals surface area contributed by atoms with Gasteiger partial charge in [-0.25, -0.2) is 4.98 Å². The Labute approximate surface area is 173 Å². The summed E-state index contributed by atoms with van der Waals surface area (Å²) in [4.78, 5) is 27.2. The molecule has 3 aromatic rings. The van der Waals surface area contributed by atoms with Crippen LogP contribution in [-0.4, -0.2) is 22.4 Å². The summed E-state index contributed by atoms with van der Waals surface area (Å²) in [5, 5.41) is 13.8. The molecule has 8 heteroatoms. The molecule has 0 radical (unpaired) electrons. The summed E-state index contributed by atoms with van der Waals surface area (Å²) in [6, 6.07) is 15.2. The largest absolute Gasteiger partial charge is 0.490 e. The maximum Gasteiger partial charge on any atom is 0.273 e. The highest BCUT2D eigenvalue weighted by Crippen LogP contribution is 2.30. The molecule has 1 N–H and O–H groups in total. The smallest absolute Gasteiger partial charge is 0.273 e. The molecular weight excluding hydrogens is 386 g/mol. The molecule has 3 rings (SSSR count).